The largest absolute Gasteiger partial charge is 0.305 e. The van der Waals surface area contributed by atoms with E-state index in [0.29, 0.717) is 12.5 Å². The Morgan fingerprint density at radius 2 is 2.29 bits per heavy atom. The van der Waals surface area contributed by atoms with E-state index in [1.165, 1.54) is 5.56 Å². The van der Waals surface area contributed by atoms with Crippen LogP contribution in [0.2, 0.25) is 0 Å². The molecule has 0 unspecified atom stereocenters. The highest BCUT2D eigenvalue weighted by Crippen LogP contribution is 2.25. The molecule has 3 heteroatoms. The number of benzene rings is 1. The molecule has 1 aromatic rings. The van der Waals surface area contributed by atoms with Crippen LogP contribution in [0.25, 0.3) is 0 Å². The molecule has 0 aliphatic carbocycles. The van der Waals surface area contributed by atoms with Gasteiger partial charge < -0.3 is 4.90 Å². The maximum Gasteiger partial charge on any atom is 0.0930 e. The second kappa shape index (κ2) is 4.09. The summed E-state index contributed by atoms with van der Waals surface area (Å²) in [5, 5.41) is 0. The summed E-state index contributed by atoms with van der Waals surface area (Å²) in [5.74, 6) is 5.74. The van der Waals surface area contributed by atoms with Crippen molar-refractivity contribution in [3.05, 3.63) is 35.4 Å². The summed E-state index contributed by atoms with van der Waals surface area (Å²) >= 11 is 0. The van der Waals surface area contributed by atoms with Crippen molar-refractivity contribution in [1.29, 1.82) is 0 Å². The topological polar surface area (TPSA) is 38.5 Å². The van der Waals surface area contributed by atoms with Crippen molar-refractivity contribution in [2.24, 2.45) is 5.90 Å². The molecule has 1 aliphatic heterocycles. The second-order valence-electron chi connectivity index (χ2n) is 3.97. The maximum absolute atomic E-state index is 5.05. The summed E-state index contributed by atoms with van der Waals surface area (Å²) in [6, 6.07) is 8.48. The molecule has 0 saturated carbocycles. The maximum atomic E-state index is 5.05. The Hall–Kier alpha value is -0.900. The lowest BCUT2D eigenvalue weighted by Gasteiger charge is -2.36. The summed E-state index contributed by atoms with van der Waals surface area (Å²) in [4.78, 5) is 6.94. The fourth-order valence-electron chi connectivity index (χ4n) is 1.94. The first kappa shape index (κ1) is 9.65. The molecule has 1 saturated heterocycles. The van der Waals surface area contributed by atoms with Crippen molar-refractivity contribution in [1.82, 2.24) is 4.90 Å². The van der Waals surface area contributed by atoms with Gasteiger partial charge in [0, 0.05) is 19.0 Å². The number of hydrogen-bond donors (Lipinski definition) is 1. The van der Waals surface area contributed by atoms with Crippen molar-refractivity contribution in [3.8, 4) is 0 Å². The van der Waals surface area contributed by atoms with E-state index in [1.807, 2.05) is 6.07 Å². The molecular formula is C11H16N2O. The summed E-state index contributed by atoms with van der Waals surface area (Å²) in [6.45, 7) is 2.82. The van der Waals surface area contributed by atoms with Crippen LogP contribution in [0.3, 0.4) is 0 Å². The molecule has 0 radical (unpaired) electrons. The van der Waals surface area contributed by atoms with Crippen LogP contribution >= 0.6 is 0 Å². The third-order valence-corrected chi connectivity index (χ3v) is 2.74. The van der Waals surface area contributed by atoms with Crippen LogP contribution in [0.1, 0.15) is 17.0 Å². The second-order valence-corrected chi connectivity index (χ2v) is 3.97. The van der Waals surface area contributed by atoms with Gasteiger partial charge in [0.15, 0.2) is 0 Å². The standard InChI is InChI=1S/C11H16N2O/c1-13-6-11(7-13)10-4-2-3-9(5-10)8-14-12/h2-5,11H,6-8,12H2,1H3. The van der Waals surface area contributed by atoms with Gasteiger partial charge >= 0.3 is 0 Å². The summed E-state index contributed by atoms with van der Waals surface area (Å²) in [6.07, 6.45) is 0. The number of likely N-dealkylation sites (tertiary alicyclic amines) is 1. The van der Waals surface area contributed by atoms with E-state index in [0.717, 1.165) is 18.7 Å². The zero-order valence-electron chi connectivity index (χ0n) is 8.44. The Labute approximate surface area is 84.4 Å². The third-order valence-electron chi connectivity index (χ3n) is 2.74. The zero-order chi connectivity index (χ0) is 9.97. The van der Waals surface area contributed by atoms with Gasteiger partial charge in [0.2, 0.25) is 0 Å². The Bertz CT molecular complexity index is 308. The number of nitrogens with two attached hydrogens (primary N) is 1. The highest BCUT2D eigenvalue weighted by atomic mass is 16.6. The zero-order valence-corrected chi connectivity index (χ0v) is 8.44. The Morgan fingerprint density at radius 3 is 2.93 bits per heavy atom. The molecule has 14 heavy (non-hydrogen) atoms. The summed E-state index contributed by atoms with van der Waals surface area (Å²) < 4.78 is 0. The molecule has 1 heterocycles. The number of hydrogen-bond acceptors (Lipinski definition) is 3. The van der Waals surface area contributed by atoms with Crippen LogP contribution in [0.15, 0.2) is 24.3 Å². The van der Waals surface area contributed by atoms with E-state index >= 15 is 0 Å². The lowest BCUT2D eigenvalue weighted by molar-refractivity contribution is 0.124. The first-order valence-corrected chi connectivity index (χ1v) is 4.88. The molecule has 76 valence electrons. The van der Waals surface area contributed by atoms with Crippen LogP contribution in [0, 0.1) is 0 Å². The van der Waals surface area contributed by atoms with Crippen molar-refractivity contribution in [2.45, 2.75) is 12.5 Å². The molecule has 3 nitrogen and oxygen atoms in total. The van der Waals surface area contributed by atoms with Gasteiger partial charge in [-0.25, -0.2) is 5.90 Å². The SMILES string of the molecule is CN1CC(c2cccc(CON)c2)C1. The number of rotatable bonds is 3. The van der Waals surface area contributed by atoms with Crippen molar-refractivity contribution < 1.29 is 4.84 Å². The molecule has 2 N–H and O–H groups in total. The van der Waals surface area contributed by atoms with Crippen LogP contribution < -0.4 is 5.90 Å². The van der Waals surface area contributed by atoms with E-state index in [2.05, 4.69) is 35.0 Å². The van der Waals surface area contributed by atoms with E-state index in [1.54, 1.807) is 0 Å². The van der Waals surface area contributed by atoms with Crippen molar-refractivity contribution in [3.63, 3.8) is 0 Å². The van der Waals surface area contributed by atoms with E-state index in [4.69, 9.17) is 5.90 Å². The quantitative estimate of drug-likeness (QED) is 0.729. The fourth-order valence-corrected chi connectivity index (χ4v) is 1.94. The van der Waals surface area contributed by atoms with E-state index in [-0.39, 0.29) is 0 Å². The monoisotopic (exact) mass is 192 g/mol. The highest BCUT2D eigenvalue weighted by Gasteiger charge is 2.24. The van der Waals surface area contributed by atoms with E-state index in [9.17, 15) is 0 Å². The normalized spacial score (nSPS) is 18.1. The molecule has 0 aromatic heterocycles. The van der Waals surface area contributed by atoms with Crippen LogP contribution in [-0.2, 0) is 11.4 Å². The van der Waals surface area contributed by atoms with Crippen LogP contribution in [-0.4, -0.2) is 25.0 Å². The molecule has 0 atom stereocenters. The van der Waals surface area contributed by atoms with E-state index < -0.39 is 0 Å². The molecule has 1 fully saturated rings. The Morgan fingerprint density at radius 1 is 1.50 bits per heavy atom. The highest BCUT2D eigenvalue weighted by molar-refractivity contribution is 5.28. The predicted octanol–water partition coefficient (Wildman–Crippen LogP) is 1.11. The average molecular weight is 192 g/mol. The van der Waals surface area contributed by atoms with Gasteiger partial charge in [0.05, 0.1) is 6.61 Å². The first-order valence-electron chi connectivity index (χ1n) is 4.88. The van der Waals surface area contributed by atoms with Gasteiger partial charge in [-0.15, -0.1) is 0 Å². The molecule has 1 aromatic carbocycles. The predicted molar refractivity (Wildman–Crippen MR) is 55.7 cm³/mol. The minimum atomic E-state index is 0.496. The molecule has 0 spiro atoms. The van der Waals surface area contributed by atoms with Gasteiger partial charge in [-0.2, -0.15) is 0 Å². The van der Waals surface area contributed by atoms with Gasteiger partial charge in [-0.05, 0) is 18.2 Å². The molecule has 1 aliphatic rings. The van der Waals surface area contributed by atoms with Gasteiger partial charge in [0.1, 0.15) is 0 Å². The molecule has 0 bridgehead atoms. The van der Waals surface area contributed by atoms with Crippen molar-refractivity contribution in [2.75, 3.05) is 20.1 Å². The van der Waals surface area contributed by atoms with Crippen molar-refractivity contribution >= 4 is 0 Å². The molecule has 2 rings (SSSR count). The lowest BCUT2D eigenvalue weighted by atomic mass is 9.91. The third kappa shape index (κ3) is 1.95. The first-order chi connectivity index (χ1) is 6.79. The van der Waals surface area contributed by atoms with Crippen LogP contribution in [0.5, 0.6) is 0 Å². The lowest BCUT2D eigenvalue weighted by Crippen LogP contribution is -2.41. The summed E-state index contributed by atoms with van der Waals surface area (Å²) in [5.41, 5.74) is 2.55. The fraction of sp³-hybridized carbons (Fsp3) is 0.455. The average Bonchev–Trinajstić information content (AvgIpc) is 2.14. The minimum absolute atomic E-state index is 0.496. The minimum Gasteiger partial charge on any atom is -0.305 e. The van der Waals surface area contributed by atoms with Gasteiger partial charge in [-0.1, -0.05) is 24.3 Å². The Kier molecular flexibility index (Phi) is 2.82. The van der Waals surface area contributed by atoms with Gasteiger partial charge in [0.25, 0.3) is 0 Å². The van der Waals surface area contributed by atoms with Crippen LogP contribution in [0.4, 0.5) is 0 Å². The summed E-state index contributed by atoms with van der Waals surface area (Å²) in [7, 11) is 2.14. The molecular weight excluding hydrogens is 176 g/mol. The number of likely N-dealkylation sites (N-methyl/N-ethyl adjacent to an activating group) is 1. The number of nitrogens with zero attached hydrogens (tertiary/aromatic N) is 1. The smallest absolute Gasteiger partial charge is 0.0930 e. The molecule has 0 amide bonds. The van der Waals surface area contributed by atoms with Gasteiger partial charge in [-0.3, -0.25) is 4.84 Å². The Balaban J connectivity index is 2.06.